The van der Waals surface area contributed by atoms with Crippen molar-refractivity contribution in [3.8, 4) is 5.75 Å². The zero-order valence-electron chi connectivity index (χ0n) is 10.4. The van der Waals surface area contributed by atoms with Crippen LogP contribution in [-0.4, -0.2) is 29.3 Å². The van der Waals surface area contributed by atoms with E-state index in [9.17, 15) is 9.59 Å². The first-order valence-electron chi connectivity index (χ1n) is 5.52. The summed E-state index contributed by atoms with van der Waals surface area (Å²) < 4.78 is 15.3. The molecule has 0 atom stereocenters. The van der Waals surface area contributed by atoms with E-state index in [1.54, 1.807) is 20.8 Å². The minimum Gasteiger partial charge on any atom is -0.461 e. The number of rotatable bonds is 2. The lowest BCUT2D eigenvalue weighted by atomic mass is 10.2. The Bertz CT molecular complexity index is 509. The highest BCUT2D eigenvalue weighted by molar-refractivity contribution is 5.95. The summed E-state index contributed by atoms with van der Waals surface area (Å²) in [5, 5.41) is 0. The molecule has 0 saturated heterocycles. The van der Waals surface area contributed by atoms with Gasteiger partial charge in [-0.25, -0.2) is 14.6 Å². The first-order chi connectivity index (χ1) is 8.43. The molecule has 0 aliphatic carbocycles. The van der Waals surface area contributed by atoms with Gasteiger partial charge in [0.2, 0.25) is 5.79 Å². The molecule has 18 heavy (non-hydrogen) atoms. The highest BCUT2D eigenvalue weighted by Crippen LogP contribution is 2.31. The molecule has 0 saturated carbocycles. The number of pyridine rings is 1. The SMILES string of the molecule is CCOC(=O)c1cc2c(cn1)C(=O)OC(C)(C)O2. The summed E-state index contributed by atoms with van der Waals surface area (Å²) in [7, 11) is 0. The van der Waals surface area contributed by atoms with E-state index >= 15 is 0 Å². The second-order valence-corrected chi connectivity index (χ2v) is 4.18. The van der Waals surface area contributed by atoms with Crippen molar-refractivity contribution in [1.82, 2.24) is 4.98 Å². The number of hydrogen-bond donors (Lipinski definition) is 0. The standard InChI is InChI=1S/C12H13NO5/c1-4-16-11(15)8-5-9-7(6-13-8)10(14)18-12(2,3)17-9/h5-6H,4H2,1-3H3. The number of aromatic nitrogens is 1. The lowest BCUT2D eigenvalue weighted by molar-refractivity contribution is -0.127. The molecule has 1 aromatic heterocycles. The third-order valence-corrected chi connectivity index (χ3v) is 2.26. The molecule has 96 valence electrons. The number of carbonyl (C=O) groups is 2. The van der Waals surface area contributed by atoms with Crippen LogP contribution in [0.2, 0.25) is 0 Å². The Morgan fingerprint density at radius 1 is 1.44 bits per heavy atom. The smallest absolute Gasteiger partial charge is 0.357 e. The summed E-state index contributed by atoms with van der Waals surface area (Å²) in [5.74, 6) is -1.86. The fourth-order valence-corrected chi connectivity index (χ4v) is 1.56. The van der Waals surface area contributed by atoms with E-state index in [1.165, 1.54) is 12.3 Å². The molecule has 0 bridgehead atoms. The predicted octanol–water partition coefficient (Wildman–Crippen LogP) is 1.54. The van der Waals surface area contributed by atoms with Crippen molar-refractivity contribution in [2.75, 3.05) is 6.61 Å². The highest BCUT2D eigenvalue weighted by Gasteiger charge is 2.34. The van der Waals surface area contributed by atoms with Crippen LogP contribution in [0.1, 0.15) is 41.6 Å². The average molecular weight is 251 g/mol. The molecule has 2 heterocycles. The minimum atomic E-state index is -1.06. The number of cyclic esters (lactones) is 1. The van der Waals surface area contributed by atoms with Crippen LogP contribution in [-0.2, 0) is 9.47 Å². The maximum absolute atomic E-state index is 11.6. The molecule has 2 rings (SSSR count). The normalized spacial score (nSPS) is 16.3. The van der Waals surface area contributed by atoms with Crippen molar-refractivity contribution in [2.45, 2.75) is 26.6 Å². The Hall–Kier alpha value is -2.11. The van der Waals surface area contributed by atoms with Gasteiger partial charge in [0, 0.05) is 26.1 Å². The van der Waals surface area contributed by atoms with Crippen LogP contribution in [0.5, 0.6) is 5.75 Å². The Balaban J connectivity index is 2.37. The summed E-state index contributed by atoms with van der Waals surface area (Å²) in [4.78, 5) is 27.0. The first-order valence-corrected chi connectivity index (χ1v) is 5.52. The van der Waals surface area contributed by atoms with E-state index in [0.717, 1.165) is 0 Å². The molecule has 0 spiro atoms. The molecule has 0 radical (unpaired) electrons. The molecule has 0 unspecified atom stereocenters. The Morgan fingerprint density at radius 2 is 2.17 bits per heavy atom. The van der Waals surface area contributed by atoms with Crippen molar-refractivity contribution < 1.29 is 23.8 Å². The minimum absolute atomic E-state index is 0.0982. The van der Waals surface area contributed by atoms with Crippen LogP contribution >= 0.6 is 0 Å². The van der Waals surface area contributed by atoms with Gasteiger partial charge in [0.05, 0.1) is 6.61 Å². The number of fused-ring (bicyclic) bond motifs is 1. The maximum atomic E-state index is 11.6. The van der Waals surface area contributed by atoms with Gasteiger partial charge in [-0.05, 0) is 6.92 Å². The van der Waals surface area contributed by atoms with Gasteiger partial charge in [0.25, 0.3) is 0 Å². The molecule has 1 aromatic rings. The second kappa shape index (κ2) is 4.29. The molecule has 6 nitrogen and oxygen atoms in total. The van der Waals surface area contributed by atoms with Crippen LogP contribution in [0.15, 0.2) is 12.3 Å². The van der Waals surface area contributed by atoms with Crippen molar-refractivity contribution in [3.05, 3.63) is 23.5 Å². The Morgan fingerprint density at radius 3 is 2.83 bits per heavy atom. The third kappa shape index (κ3) is 2.27. The predicted molar refractivity (Wildman–Crippen MR) is 60.3 cm³/mol. The van der Waals surface area contributed by atoms with E-state index in [1.807, 2.05) is 0 Å². The monoisotopic (exact) mass is 251 g/mol. The maximum Gasteiger partial charge on any atom is 0.357 e. The van der Waals surface area contributed by atoms with Crippen molar-refractivity contribution in [2.24, 2.45) is 0 Å². The molecular weight excluding hydrogens is 238 g/mol. The number of hydrogen-bond acceptors (Lipinski definition) is 6. The third-order valence-electron chi connectivity index (χ3n) is 2.26. The van der Waals surface area contributed by atoms with E-state index in [0.29, 0.717) is 0 Å². The van der Waals surface area contributed by atoms with Crippen LogP contribution in [0.25, 0.3) is 0 Å². The van der Waals surface area contributed by atoms with Gasteiger partial charge in [-0.2, -0.15) is 0 Å². The van der Waals surface area contributed by atoms with E-state index in [4.69, 9.17) is 14.2 Å². The Kier molecular flexibility index (Phi) is 2.94. The lowest BCUT2D eigenvalue weighted by Gasteiger charge is -2.31. The van der Waals surface area contributed by atoms with Crippen LogP contribution < -0.4 is 4.74 Å². The van der Waals surface area contributed by atoms with Gasteiger partial charge in [0.15, 0.2) is 5.69 Å². The lowest BCUT2D eigenvalue weighted by Crippen LogP contribution is -2.39. The molecule has 0 aromatic carbocycles. The molecule has 6 heteroatoms. The zero-order chi connectivity index (χ0) is 13.3. The highest BCUT2D eigenvalue weighted by atomic mass is 16.7. The van der Waals surface area contributed by atoms with Crippen molar-refractivity contribution in [3.63, 3.8) is 0 Å². The molecule has 0 fully saturated rings. The summed E-state index contributed by atoms with van der Waals surface area (Å²) in [5.41, 5.74) is 0.295. The van der Waals surface area contributed by atoms with Gasteiger partial charge >= 0.3 is 11.9 Å². The summed E-state index contributed by atoms with van der Waals surface area (Å²) in [6.07, 6.45) is 1.25. The van der Waals surface area contributed by atoms with E-state index in [2.05, 4.69) is 4.98 Å². The molecule has 0 N–H and O–H groups in total. The van der Waals surface area contributed by atoms with Crippen molar-refractivity contribution >= 4 is 11.9 Å². The largest absolute Gasteiger partial charge is 0.461 e. The van der Waals surface area contributed by atoms with Crippen LogP contribution in [0.4, 0.5) is 0 Å². The summed E-state index contributed by atoms with van der Waals surface area (Å²) >= 11 is 0. The summed E-state index contributed by atoms with van der Waals surface area (Å²) in [6, 6.07) is 1.38. The quantitative estimate of drug-likeness (QED) is 0.742. The zero-order valence-corrected chi connectivity index (χ0v) is 10.4. The van der Waals surface area contributed by atoms with E-state index < -0.39 is 17.7 Å². The van der Waals surface area contributed by atoms with Crippen molar-refractivity contribution in [1.29, 1.82) is 0 Å². The average Bonchev–Trinajstić information content (AvgIpc) is 2.26. The topological polar surface area (TPSA) is 74.7 Å². The number of nitrogens with zero attached hydrogens (tertiary/aromatic N) is 1. The number of carbonyl (C=O) groups excluding carboxylic acids is 2. The molecule has 0 amide bonds. The van der Waals surface area contributed by atoms with Gasteiger partial charge in [-0.3, -0.25) is 0 Å². The first kappa shape index (κ1) is 12.3. The Labute approximate surface area is 104 Å². The van der Waals surface area contributed by atoms with Gasteiger partial charge in [0.1, 0.15) is 11.3 Å². The van der Waals surface area contributed by atoms with Crippen LogP contribution in [0.3, 0.4) is 0 Å². The van der Waals surface area contributed by atoms with Gasteiger partial charge in [-0.15, -0.1) is 0 Å². The molecule has 1 aliphatic rings. The van der Waals surface area contributed by atoms with Gasteiger partial charge < -0.3 is 14.2 Å². The number of ether oxygens (including phenoxy) is 3. The van der Waals surface area contributed by atoms with E-state index in [-0.39, 0.29) is 23.6 Å². The molecule has 1 aliphatic heterocycles. The van der Waals surface area contributed by atoms with Gasteiger partial charge in [-0.1, -0.05) is 0 Å². The second-order valence-electron chi connectivity index (χ2n) is 4.18. The molecular formula is C12H13NO5. The fourth-order valence-electron chi connectivity index (χ4n) is 1.56. The summed E-state index contributed by atoms with van der Waals surface area (Å²) in [6.45, 7) is 5.18. The fraction of sp³-hybridized carbons (Fsp3) is 0.417. The number of esters is 2. The van der Waals surface area contributed by atoms with Crippen LogP contribution in [0, 0.1) is 0 Å².